The lowest BCUT2D eigenvalue weighted by atomic mass is 10.1. The summed E-state index contributed by atoms with van der Waals surface area (Å²) in [6, 6.07) is 6.72. The molecule has 0 saturated carbocycles. The Morgan fingerprint density at radius 3 is 1.55 bits per heavy atom. The molecule has 0 spiro atoms. The summed E-state index contributed by atoms with van der Waals surface area (Å²) in [5.74, 6) is -2.27. The van der Waals surface area contributed by atoms with Crippen molar-refractivity contribution >= 4 is 64.6 Å². The summed E-state index contributed by atoms with van der Waals surface area (Å²) in [5.41, 5.74) is 3.39. The monoisotopic (exact) mass is 872 g/mol. The number of hydrogen-bond acceptors (Lipinski definition) is 11. The lowest BCUT2D eigenvalue weighted by Crippen LogP contribution is -2.39. The lowest BCUT2D eigenvalue weighted by Gasteiger charge is -2.27. The van der Waals surface area contributed by atoms with Crippen LogP contribution in [0, 0.1) is 11.6 Å². The van der Waals surface area contributed by atoms with Crippen molar-refractivity contribution < 1.29 is 51.9 Å². The summed E-state index contributed by atoms with van der Waals surface area (Å²) >= 11 is 11.7. The predicted octanol–water partition coefficient (Wildman–Crippen LogP) is 4.47. The van der Waals surface area contributed by atoms with Crippen molar-refractivity contribution in [2.24, 2.45) is 0 Å². The van der Waals surface area contributed by atoms with E-state index < -0.39 is 53.9 Å². The minimum atomic E-state index is -1.06. The number of carbonyl (C=O) groups is 5. The summed E-state index contributed by atoms with van der Waals surface area (Å²) in [6.45, 7) is 0.130. The molecule has 0 saturated heterocycles. The van der Waals surface area contributed by atoms with Gasteiger partial charge in [-0.2, -0.15) is 10.2 Å². The Kier molecular flexibility index (Phi) is 11.2. The Labute approximate surface area is 349 Å². The lowest BCUT2D eigenvalue weighted by molar-refractivity contribution is -0.170. The Hall–Kier alpha value is -6.03. The van der Waals surface area contributed by atoms with Gasteiger partial charge in [-0.1, -0.05) is 23.2 Å². The molecular formula is C37H36Cl2F2N10O9. The van der Waals surface area contributed by atoms with Gasteiger partial charge in [-0.25, -0.2) is 33.3 Å². The first-order valence-electron chi connectivity index (χ1n) is 18.6. The molecule has 23 heteroatoms. The number of anilines is 2. The number of aromatic nitrogens is 4. The van der Waals surface area contributed by atoms with Gasteiger partial charge in [0.2, 0.25) is 0 Å². The molecule has 60 heavy (non-hydrogen) atoms. The molecule has 0 radical (unpaired) electrons. The molecule has 2 aromatic carbocycles. The molecule has 19 nitrogen and oxygen atoms in total. The molecule has 2 atom stereocenters. The van der Waals surface area contributed by atoms with Gasteiger partial charge in [0.1, 0.15) is 48.4 Å². The number of hydroxylamine groups is 4. The summed E-state index contributed by atoms with van der Waals surface area (Å²) in [7, 11) is 2.82. The number of nitrogens with one attached hydrogen (secondary N) is 2. The van der Waals surface area contributed by atoms with Crippen LogP contribution in [0.1, 0.15) is 43.5 Å². The van der Waals surface area contributed by atoms with Crippen molar-refractivity contribution in [1.82, 2.24) is 39.5 Å². The topological polar surface area (TPSA) is 195 Å². The van der Waals surface area contributed by atoms with E-state index in [-0.39, 0.29) is 60.8 Å². The summed E-state index contributed by atoms with van der Waals surface area (Å²) in [5, 5.41) is 16.4. The molecule has 8 rings (SSSR count). The quantitative estimate of drug-likeness (QED) is 0.260. The number of urea groups is 2. The highest BCUT2D eigenvalue weighted by atomic mass is 35.5. The second kappa shape index (κ2) is 16.6. The highest BCUT2D eigenvalue weighted by Crippen LogP contribution is 2.29. The normalized spacial score (nSPS) is 18.8. The van der Waals surface area contributed by atoms with Gasteiger partial charge < -0.3 is 29.9 Å². The fraction of sp³-hybridized carbons (Fsp3) is 0.378. The number of ether oxygens (including phenoxy) is 2. The van der Waals surface area contributed by atoms with Crippen molar-refractivity contribution in [2.45, 2.75) is 51.2 Å². The molecule has 316 valence electrons. The Morgan fingerprint density at radius 2 is 1.15 bits per heavy atom. The molecule has 6 amide bonds. The van der Waals surface area contributed by atoms with Crippen molar-refractivity contribution in [3.8, 4) is 0 Å². The van der Waals surface area contributed by atoms with Gasteiger partial charge >= 0.3 is 18.2 Å². The highest BCUT2D eigenvalue weighted by Gasteiger charge is 2.38. The van der Waals surface area contributed by atoms with E-state index in [1.54, 1.807) is 0 Å². The Balaban J connectivity index is 0.860. The maximum Gasteiger partial charge on any atom is 0.508 e. The van der Waals surface area contributed by atoms with Crippen LogP contribution in [0.2, 0.25) is 10.0 Å². The first-order valence-corrected chi connectivity index (χ1v) is 19.4. The maximum absolute atomic E-state index is 13.6. The van der Waals surface area contributed by atoms with Crippen LogP contribution < -0.4 is 10.6 Å². The smallest absolute Gasteiger partial charge is 0.431 e. The van der Waals surface area contributed by atoms with Crippen LogP contribution in [0.5, 0.6) is 0 Å². The van der Waals surface area contributed by atoms with Crippen LogP contribution in [0.4, 0.5) is 34.5 Å². The third-order valence-corrected chi connectivity index (χ3v) is 10.8. The van der Waals surface area contributed by atoms with E-state index in [1.165, 1.54) is 57.5 Å². The number of benzene rings is 2. The Morgan fingerprint density at radius 1 is 0.733 bits per heavy atom. The number of halogens is 4. The van der Waals surface area contributed by atoms with Crippen molar-refractivity contribution in [3.63, 3.8) is 0 Å². The number of nitrogens with zero attached hydrogens (tertiary/aromatic N) is 8. The average molecular weight is 874 g/mol. The molecule has 2 aromatic heterocycles. The first kappa shape index (κ1) is 40.7. The third kappa shape index (κ3) is 8.24. The minimum Gasteiger partial charge on any atom is -0.431 e. The molecule has 4 aromatic rings. The van der Waals surface area contributed by atoms with Gasteiger partial charge in [-0.05, 0) is 36.4 Å². The van der Waals surface area contributed by atoms with Gasteiger partial charge in [0.25, 0.3) is 11.8 Å². The standard InChI is InChI=1S/C37H36Cl2F2N10O9/c1-46-33(52)31-23-15-48(35(54)42-19-3-5-27(40)25(38)11-19)9-7-29(23)44-50(31)13-21(59-46)17-57-37(56)58-18-22-14-51-32(34(53)47(2)60-22)24-16-49(10-8-30(24)45-51)36(55)43-20-4-6-28(41)26(39)12-20/h3-6,11-12,21-22H,7-10,13-18H2,1-2H3,(H,42,54)(H,43,55). The minimum absolute atomic E-state index is 0.0248. The predicted molar refractivity (Wildman–Crippen MR) is 205 cm³/mol. The van der Waals surface area contributed by atoms with Crippen LogP contribution in [-0.4, -0.2) is 122 Å². The van der Waals surface area contributed by atoms with Crippen molar-refractivity contribution in [1.29, 1.82) is 0 Å². The van der Waals surface area contributed by atoms with Crippen LogP contribution in [0.3, 0.4) is 0 Å². The van der Waals surface area contributed by atoms with Crippen LogP contribution in [0.25, 0.3) is 0 Å². The van der Waals surface area contributed by atoms with Crippen LogP contribution in [-0.2, 0) is 58.2 Å². The van der Waals surface area contributed by atoms with E-state index in [0.717, 1.165) is 22.3 Å². The van der Waals surface area contributed by atoms with E-state index in [9.17, 15) is 32.8 Å². The van der Waals surface area contributed by atoms with Crippen molar-refractivity contribution in [2.75, 3.05) is 51.0 Å². The molecule has 0 aliphatic carbocycles. The number of rotatable bonds is 6. The summed E-state index contributed by atoms with van der Waals surface area (Å²) in [4.78, 5) is 80.5. The SMILES string of the molecule is CN1OC(COC(=O)OCC2Cn3nc4c(c3C(=O)N(C)O2)CN(C(=O)Nc2ccc(F)c(Cl)c2)CC4)Cn2nc3c(c2C1=O)CN(C(=O)Nc1ccc(F)c(Cl)c1)CC3. The van der Waals surface area contributed by atoms with Gasteiger partial charge in [-0.3, -0.25) is 28.6 Å². The first-order chi connectivity index (χ1) is 28.7. The number of hydrogen-bond donors (Lipinski definition) is 2. The molecule has 2 unspecified atom stereocenters. The second-order valence-electron chi connectivity index (χ2n) is 14.3. The van der Waals surface area contributed by atoms with Gasteiger partial charge in [-0.15, -0.1) is 0 Å². The molecule has 6 heterocycles. The van der Waals surface area contributed by atoms with Crippen LogP contribution >= 0.6 is 23.2 Å². The summed E-state index contributed by atoms with van der Waals surface area (Å²) in [6.07, 6.45) is -2.07. The van der Waals surface area contributed by atoms with E-state index >= 15 is 0 Å². The van der Waals surface area contributed by atoms with E-state index in [2.05, 4.69) is 20.8 Å². The zero-order valence-electron chi connectivity index (χ0n) is 32.0. The number of fused-ring (bicyclic) bond motifs is 6. The molecule has 0 bridgehead atoms. The summed E-state index contributed by atoms with van der Waals surface area (Å²) < 4.78 is 40.9. The molecule has 4 aliphatic heterocycles. The van der Waals surface area contributed by atoms with E-state index in [0.29, 0.717) is 59.8 Å². The fourth-order valence-electron chi connectivity index (χ4n) is 7.32. The van der Waals surface area contributed by atoms with Crippen molar-refractivity contribution in [3.05, 3.63) is 92.0 Å². The van der Waals surface area contributed by atoms with Gasteiger partial charge in [0.05, 0.1) is 47.6 Å². The second-order valence-corrected chi connectivity index (χ2v) is 15.1. The largest absolute Gasteiger partial charge is 0.508 e. The molecule has 2 N–H and O–H groups in total. The number of amides is 6. The number of carbonyl (C=O) groups excluding carboxylic acids is 5. The van der Waals surface area contributed by atoms with E-state index in [1.807, 2.05) is 0 Å². The van der Waals surface area contributed by atoms with Gasteiger partial charge in [0.15, 0.2) is 0 Å². The van der Waals surface area contributed by atoms with Gasteiger partial charge in [0, 0.05) is 62.5 Å². The van der Waals surface area contributed by atoms with E-state index in [4.69, 9.17) is 42.4 Å². The maximum atomic E-state index is 13.6. The highest BCUT2D eigenvalue weighted by molar-refractivity contribution is 6.31. The zero-order valence-corrected chi connectivity index (χ0v) is 33.5. The zero-order chi connectivity index (χ0) is 42.4. The van der Waals surface area contributed by atoms with Crippen LogP contribution in [0.15, 0.2) is 36.4 Å². The third-order valence-electron chi connectivity index (χ3n) is 10.2. The average Bonchev–Trinajstić information content (AvgIpc) is 3.70. The Bertz CT molecular complexity index is 2250. The molecule has 0 fully saturated rings. The molecule has 4 aliphatic rings. The fourth-order valence-corrected chi connectivity index (χ4v) is 7.68. The molecular weight excluding hydrogens is 837 g/mol.